The van der Waals surface area contributed by atoms with E-state index in [1.54, 1.807) is 20.0 Å². The molecule has 7 heteroatoms. The van der Waals surface area contributed by atoms with Crippen LogP contribution in [-0.2, 0) is 29.1 Å². The monoisotopic (exact) mass is 472 g/mol. The van der Waals surface area contributed by atoms with Crippen LogP contribution in [-0.4, -0.2) is 25.5 Å². The second-order valence-corrected chi connectivity index (χ2v) is 8.03. The first-order valence-electron chi connectivity index (χ1n) is 11.5. The number of carbonyl (C=O) groups is 2. The number of furan rings is 1. The number of amides is 1. The van der Waals surface area contributed by atoms with E-state index >= 15 is 0 Å². The summed E-state index contributed by atoms with van der Waals surface area (Å²) < 4.78 is 17.2. The predicted octanol–water partition coefficient (Wildman–Crippen LogP) is 4.60. The summed E-state index contributed by atoms with van der Waals surface area (Å²) in [5.74, 6) is 0.253. The van der Waals surface area contributed by atoms with Crippen molar-refractivity contribution in [2.75, 3.05) is 13.7 Å². The first kappa shape index (κ1) is 24.0. The summed E-state index contributed by atoms with van der Waals surface area (Å²) >= 11 is 0. The number of nitrogens with two attached hydrogens (primary N) is 1. The van der Waals surface area contributed by atoms with Crippen LogP contribution in [0.5, 0.6) is 5.75 Å². The third-order valence-electron chi connectivity index (χ3n) is 5.61. The van der Waals surface area contributed by atoms with E-state index in [0.717, 1.165) is 33.2 Å². The van der Waals surface area contributed by atoms with E-state index in [9.17, 15) is 9.59 Å². The van der Waals surface area contributed by atoms with Crippen LogP contribution in [0, 0.1) is 0 Å². The van der Waals surface area contributed by atoms with Crippen molar-refractivity contribution < 1.29 is 23.5 Å². The van der Waals surface area contributed by atoms with Gasteiger partial charge in [-0.15, -0.1) is 0 Å². The molecule has 35 heavy (non-hydrogen) atoms. The minimum atomic E-state index is -0.299. The molecule has 0 atom stereocenters. The van der Waals surface area contributed by atoms with Crippen LogP contribution < -0.4 is 15.8 Å². The van der Waals surface area contributed by atoms with Gasteiger partial charge >= 0.3 is 5.97 Å². The van der Waals surface area contributed by atoms with Crippen LogP contribution in [0.3, 0.4) is 0 Å². The zero-order valence-electron chi connectivity index (χ0n) is 19.8. The number of carbonyl (C=O) groups excluding carboxylic acids is 2. The number of para-hydroxylation sites is 1. The van der Waals surface area contributed by atoms with E-state index in [2.05, 4.69) is 5.32 Å². The number of fused-ring (bicyclic) bond motifs is 1. The molecule has 0 fully saturated rings. The fraction of sp³-hybridized carbons (Fsp3) is 0.214. The van der Waals surface area contributed by atoms with E-state index in [-0.39, 0.29) is 30.7 Å². The van der Waals surface area contributed by atoms with E-state index in [1.807, 2.05) is 60.7 Å². The lowest BCUT2D eigenvalue weighted by molar-refractivity contribution is -0.142. The topological polar surface area (TPSA) is 104 Å². The summed E-state index contributed by atoms with van der Waals surface area (Å²) in [6, 6.07) is 21.0. The third kappa shape index (κ3) is 5.53. The summed E-state index contributed by atoms with van der Waals surface area (Å²) in [5.41, 5.74) is 10.9. The van der Waals surface area contributed by atoms with E-state index in [4.69, 9.17) is 19.6 Å². The number of esters is 1. The number of hydrogen-bond donors (Lipinski definition) is 2. The minimum absolute atomic E-state index is 0.136. The molecule has 0 unspecified atom stereocenters. The highest BCUT2D eigenvalue weighted by Crippen LogP contribution is 2.34. The fourth-order valence-corrected chi connectivity index (χ4v) is 3.93. The predicted molar refractivity (Wildman–Crippen MR) is 134 cm³/mol. The largest absolute Gasteiger partial charge is 0.489 e. The third-order valence-corrected chi connectivity index (χ3v) is 5.61. The molecule has 0 aliphatic rings. The van der Waals surface area contributed by atoms with Gasteiger partial charge in [-0.05, 0) is 53.9 Å². The molecule has 0 spiro atoms. The van der Waals surface area contributed by atoms with Gasteiger partial charge in [0, 0.05) is 30.1 Å². The molecule has 7 nitrogen and oxygen atoms in total. The molecule has 1 heterocycles. The van der Waals surface area contributed by atoms with Gasteiger partial charge in [0.15, 0.2) is 5.76 Å². The Kier molecular flexibility index (Phi) is 7.48. The maximum absolute atomic E-state index is 12.2. The van der Waals surface area contributed by atoms with Gasteiger partial charge in [-0.25, -0.2) is 0 Å². The molecule has 0 radical (unpaired) electrons. The molecule has 0 saturated heterocycles. The number of ether oxygens (including phenoxy) is 2. The summed E-state index contributed by atoms with van der Waals surface area (Å²) in [6.45, 7) is 2.79. The average molecular weight is 473 g/mol. The molecule has 0 saturated carbocycles. The van der Waals surface area contributed by atoms with Crippen molar-refractivity contribution >= 4 is 22.8 Å². The zero-order chi connectivity index (χ0) is 24.8. The van der Waals surface area contributed by atoms with Crippen molar-refractivity contribution in [3.63, 3.8) is 0 Å². The summed E-state index contributed by atoms with van der Waals surface area (Å²) in [7, 11) is 1.56. The zero-order valence-corrected chi connectivity index (χ0v) is 19.8. The van der Waals surface area contributed by atoms with Crippen LogP contribution in [0.1, 0.15) is 34.2 Å². The molecule has 180 valence electrons. The van der Waals surface area contributed by atoms with Crippen molar-refractivity contribution in [1.29, 1.82) is 0 Å². The molecular formula is C28H28N2O5. The normalized spacial score (nSPS) is 10.8. The lowest BCUT2D eigenvalue weighted by atomic mass is 9.99. The molecule has 0 aliphatic carbocycles. The van der Waals surface area contributed by atoms with Crippen molar-refractivity contribution in [2.45, 2.75) is 26.5 Å². The molecule has 1 amide bonds. The lowest BCUT2D eigenvalue weighted by Crippen LogP contribution is -2.16. The quantitative estimate of drug-likeness (QED) is 0.345. The Morgan fingerprint density at radius 1 is 1.00 bits per heavy atom. The Balaban J connectivity index is 1.70. The summed E-state index contributed by atoms with van der Waals surface area (Å²) in [5, 5.41) is 3.39. The van der Waals surface area contributed by atoms with Crippen molar-refractivity contribution in [2.24, 2.45) is 5.73 Å². The first-order chi connectivity index (χ1) is 17.0. The van der Waals surface area contributed by atoms with Crippen molar-refractivity contribution in [3.05, 3.63) is 89.2 Å². The van der Waals surface area contributed by atoms with Gasteiger partial charge in [-0.2, -0.15) is 0 Å². The Morgan fingerprint density at radius 3 is 2.60 bits per heavy atom. The average Bonchev–Trinajstić information content (AvgIpc) is 3.31. The first-order valence-corrected chi connectivity index (χ1v) is 11.5. The fourth-order valence-electron chi connectivity index (χ4n) is 3.93. The summed E-state index contributed by atoms with van der Waals surface area (Å²) in [4.78, 5) is 24.2. The van der Waals surface area contributed by atoms with Gasteiger partial charge in [0.05, 0.1) is 13.0 Å². The molecule has 3 aromatic carbocycles. The lowest BCUT2D eigenvalue weighted by Gasteiger charge is -2.13. The highest BCUT2D eigenvalue weighted by molar-refractivity contribution is 6.00. The SMILES string of the molecule is CCOC(=O)Cc1ccccc1OCc1cc(-c2cccc(CN)c2)c2oc(C(=O)NC)cc2c1. The Labute approximate surface area is 203 Å². The number of hydrogen-bond acceptors (Lipinski definition) is 6. The van der Waals surface area contributed by atoms with Crippen molar-refractivity contribution in [1.82, 2.24) is 5.32 Å². The highest BCUT2D eigenvalue weighted by Gasteiger charge is 2.17. The highest BCUT2D eigenvalue weighted by atomic mass is 16.5. The molecule has 1 aromatic heterocycles. The minimum Gasteiger partial charge on any atom is -0.489 e. The Morgan fingerprint density at radius 2 is 1.83 bits per heavy atom. The van der Waals surface area contributed by atoms with Gasteiger partial charge in [0.1, 0.15) is 17.9 Å². The molecule has 4 aromatic rings. The van der Waals surface area contributed by atoms with Gasteiger partial charge in [0.25, 0.3) is 5.91 Å². The second-order valence-electron chi connectivity index (χ2n) is 8.03. The van der Waals surface area contributed by atoms with Crippen LogP contribution in [0.4, 0.5) is 0 Å². The Bertz CT molecular complexity index is 1360. The van der Waals surface area contributed by atoms with Crippen molar-refractivity contribution in [3.8, 4) is 16.9 Å². The molecular weight excluding hydrogens is 444 g/mol. The van der Waals surface area contributed by atoms with E-state index in [1.165, 1.54) is 0 Å². The number of rotatable bonds is 9. The second kappa shape index (κ2) is 10.9. The van der Waals surface area contributed by atoms with Crippen LogP contribution in [0.2, 0.25) is 0 Å². The standard InChI is InChI=1S/C28H28N2O5/c1-3-33-26(31)15-21-8-4-5-10-24(21)34-17-19-12-22-14-25(28(32)30-2)35-27(22)23(13-19)20-9-6-7-18(11-20)16-29/h4-14H,3,15-17,29H2,1-2H3,(H,30,32). The van der Waals surface area contributed by atoms with Crippen LogP contribution >= 0.6 is 0 Å². The van der Waals surface area contributed by atoms with E-state index < -0.39 is 0 Å². The smallest absolute Gasteiger partial charge is 0.310 e. The Hall–Kier alpha value is -4.10. The number of benzene rings is 3. The van der Waals surface area contributed by atoms with Gasteiger partial charge < -0.3 is 24.9 Å². The van der Waals surface area contributed by atoms with Gasteiger partial charge in [-0.1, -0.05) is 36.4 Å². The maximum Gasteiger partial charge on any atom is 0.310 e. The molecule has 0 bridgehead atoms. The van der Waals surface area contributed by atoms with E-state index in [0.29, 0.717) is 24.5 Å². The summed E-state index contributed by atoms with van der Waals surface area (Å²) in [6.07, 6.45) is 0.136. The van der Waals surface area contributed by atoms with Gasteiger partial charge in [-0.3, -0.25) is 9.59 Å². The maximum atomic E-state index is 12.2. The van der Waals surface area contributed by atoms with Crippen LogP contribution in [0.15, 0.2) is 71.1 Å². The molecule has 4 rings (SSSR count). The van der Waals surface area contributed by atoms with Gasteiger partial charge in [0.2, 0.25) is 0 Å². The van der Waals surface area contributed by atoms with Crippen LogP contribution in [0.25, 0.3) is 22.1 Å². The number of nitrogens with one attached hydrogen (secondary N) is 1. The molecule has 0 aliphatic heterocycles. The molecule has 3 N–H and O–H groups in total.